The van der Waals surface area contributed by atoms with E-state index in [0.29, 0.717) is 4.90 Å². The average Bonchev–Trinajstić information content (AvgIpc) is 2.63. The minimum absolute atomic E-state index is 0.344. The van der Waals surface area contributed by atoms with E-state index in [2.05, 4.69) is 4.74 Å². The third kappa shape index (κ3) is 11.3. The van der Waals surface area contributed by atoms with Crippen LogP contribution in [0.2, 0.25) is 0 Å². The summed E-state index contributed by atoms with van der Waals surface area (Å²) < 4.78 is 126. The van der Waals surface area contributed by atoms with Gasteiger partial charge in [-0.25, -0.2) is 13.2 Å². The van der Waals surface area contributed by atoms with Crippen LogP contribution in [-0.2, 0) is 10.0 Å². The number of hydrazine groups is 1. The summed E-state index contributed by atoms with van der Waals surface area (Å²) in [7, 11) is -4.43. The molecule has 0 aromatic heterocycles. The molecule has 2 N–H and O–H groups in total. The van der Waals surface area contributed by atoms with Crippen molar-refractivity contribution in [2.45, 2.75) is 49.5 Å². The van der Waals surface area contributed by atoms with Crippen LogP contribution in [0.5, 0.6) is 5.75 Å². The normalized spacial score (nSPS) is 12.7. The van der Waals surface area contributed by atoms with Crippen LogP contribution in [0.1, 0.15) is 25.7 Å². The van der Waals surface area contributed by atoms with Crippen LogP contribution in [0.4, 0.5) is 39.9 Å². The number of rotatable bonds is 11. The van der Waals surface area contributed by atoms with Crippen LogP contribution in [-0.4, -0.2) is 51.4 Å². The van der Waals surface area contributed by atoms with Gasteiger partial charge in [0.25, 0.3) is 10.0 Å². The Labute approximate surface area is 177 Å². The van der Waals surface area contributed by atoms with Gasteiger partial charge < -0.3 is 9.64 Å². The number of ether oxygens (including phenoxy) is 1. The van der Waals surface area contributed by atoms with Crippen molar-refractivity contribution in [1.82, 2.24) is 15.2 Å². The van der Waals surface area contributed by atoms with Crippen molar-refractivity contribution in [2.75, 3.05) is 13.1 Å². The van der Waals surface area contributed by atoms with E-state index in [-0.39, 0.29) is 5.75 Å². The number of sulfonamides is 1. The zero-order valence-corrected chi connectivity index (χ0v) is 17.0. The molecule has 0 heterocycles. The summed E-state index contributed by atoms with van der Waals surface area (Å²) in [5.74, 6) is -0.344. The molecule has 0 fully saturated rings. The lowest BCUT2D eigenvalue weighted by Crippen LogP contribution is -2.49. The number of halogens is 8. The minimum Gasteiger partial charge on any atom is -0.435 e. The Morgan fingerprint density at radius 1 is 0.938 bits per heavy atom. The Morgan fingerprint density at radius 2 is 1.41 bits per heavy atom. The van der Waals surface area contributed by atoms with Gasteiger partial charge in [0.1, 0.15) is 5.75 Å². The number of carbonyl (C=O) groups excluding carboxylic acids is 1. The van der Waals surface area contributed by atoms with Gasteiger partial charge in [0.2, 0.25) is 0 Å². The van der Waals surface area contributed by atoms with Gasteiger partial charge in [0.05, 0.1) is 4.90 Å². The van der Waals surface area contributed by atoms with Crippen molar-refractivity contribution < 1.29 is 53.1 Å². The molecule has 0 spiro atoms. The minimum atomic E-state index is -4.55. The zero-order valence-electron chi connectivity index (χ0n) is 16.1. The molecule has 0 atom stereocenters. The Morgan fingerprint density at radius 3 is 1.81 bits per heavy atom. The summed E-state index contributed by atoms with van der Waals surface area (Å²) in [6.07, 6.45) is -12.9. The van der Waals surface area contributed by atoms with Gasteiger partial charge in [-0.2, -0.15) is 35.1 Å². The van der Waals surface area contributed by atoms with E-state index in [1.807, 2.05) is 0 Å². The molecule has 1 aromatic rings. The quantitative estimate of drug-likeness (QED) is 0.352. The van der Waals surface area contributed by atoms with Crippen molar-refractivity contribution in [2.24, 2.45) is 0 Å². The Balaban J connectivity index is 2.74. The first kappa shape index (κ1) is 27.7. The van der Waals surface area contributed by atoms with Crippen LogP contribution >= 0.6 is 0 Å². The number of urea groups is 1. The van der Waals surface area contributed by atoms with Gasteiger partial charge in [0.15, 0.2) is 0 Å². The Kier molecular flexibility index (Phi) is 9.94. The Bertz CT molecular complexity index is 809. The molecule has 2 amide bonds. The third-order valence-electron chi connectivity index (χ3n) is 3.72. The zero-order chi connectivity index (χ0) is 24.6. The number of nitrogens with one attached hydrogen (secondary N) is 2. The van der Waals surface area contributed by atoms with Crippen molar-refractivity contribution in [1.29, 1.82) is 0 Å². The molecule has 16 heteroatoms. The number of alkyl halides is 8. The second-order valence-electron chi connectivity index (χ2n) is 6.31. The molecule has 1 rings (SSSR count). The molecule has 0 unspecified atom stereocenters. The smallest absolute Gasteiger partial charge is 0.389 e. The van der Waals surface area contributed by atoms with Crippen molar-refractivity contribution in [3.05, 3.63) is 24.3 Å². The summed E-state index contributed by atoms with van der Waals surface area (Å²) >= 11 is 0. The maximum Gasteiger partial charge on any atom is 0.389 e. The molecule has 0 aliphatic carbocycles. The van der Waals surface area contributed by atoms with Gasteiger partial charge in [-0.1, -0.05) is 0 Å². The van der Waals surface area contributed by atoms with E-state index in [4.69, 9.17) is 0 Å². The maximum atomic E-state index is 12.3. The molecule has 32 heavy (non-hydrogen) atoms. The topological polar surface area (TPSA) is 87.7 Å². The lowest BCUT2D eigenvalue weighted by Gasteiger charge is -2.23. The molecule has 0 saturated heterocycles. The third-order valence-corrected chi connectivity index (χ3v) is 4.98. The van der Waals surface area contributed by atoms with Crippen molar-refractivity contribution >= 4 is 16.1 Å². The van der Waals surface area contributed by atoms with Crippen LogP contribution in [0.3, 0.4) is 0 Å². The molecular weight excluding hydrogens is 482 g/mol. The van der Waals surface area contributed by atoms with Crippen molar-refractivity contribution in [3.8, 4) is 5.75 Å². The fourth-order valence-corrected chi connectivity index (χ4v) is 3.14. The van der Waals surface area contributed by atoms with Gasteiger partial charge in [-0.3, -0.25) is 5.43 Å². The second kappa shape index (κ2) is 11.5. The summed E-state index contributed by atoms with van der Waals surface area (Å²) in [6, 6.07) is 2.29. The largest absolute Gasteiger partial charge is 0.435 e. The SMILES string of the molecule is O=C(NNS(=O)(=O)c1ccc(OC(F)F)cc1)N(CCCC(F)(F)F)CCCC(F)(F)F. The summed E-state index contributed by atoms with van der Waals surface area (Å²) in [5.41, 5.74) is 1.70. The number of amides is 2. The Hall–Kier alpha value is -2.36. The molecule has 0 bridgehead atoms. The van der Waals surface area contributed by atoms with E-state index < -0.39 is 78.7 Å². The highest BCUT2D eigenvalue weighted by Gasteiger charge is 2.29. The molecule has 0 aliphatic heterocycles. The van der Waals surface area contributed by atoms with Gasteiger partial charge in [-0.15, -0.1) is 4.83 Å². The number of hydrogen-bond donors (Lipinski definition) is 2. The lowest BCUT2D eigenvalue weighted by molar-refractivity contribution is -0.136. The highest BCUT2D eigenvalue weighted by atomic mass is 32.2. The fourth-order valence-electron chi connectivity index (χ4n) is 2.30. The van der Waals surface area contributed by atoms with Gasteiger partial charge in [0, 0.05) is 25.9 Å². The van der Waals surface area contributed by atoms with Gasteiger partial charge in [-0.05, 0) is 37.1 Å². The molecule has 7 nitrogen and oxygen atoms in total. The van der Waals surface area contributed by atoms with Crippen LogP contribution in [0.15, 0.2) is 29.2 Å². The number of hydrogen-bond acceptors (Lipinski definition) is 4. The molecule has 0 saturated carbocycles. The first-order valence-corrected chi connectivity index (χ1v) is 10.3. The van der Waals surface area contributed by atoms with E-state index in [9.17, 15) is 48.3 Å². The number of carbonyl (C=O) groups is 1. The number of nitrogens with zero attached hydrogens (tertiary/aromatic N) is 1. The van der Waals surface area contributed by atoms with Crippen molar-refractivity contribution in [3.63, 3.8) is 0 Å². The van der Waals surface area contributed by atoms with E-state index in [1.54, 1.807) is 10.3 Å². The average molecular weight is 501 g/mol. The standard InChI is InChI=1S/C16H19F8N3O4S/c17-13(18)31-11-3-5-12(6-4-11)32(29,30)26-25-14(28)27(9-1-7-15(19,20)21)10-2-8-16(22,23)24/h3-6,13,26H,1-2,7-10H2,(H,25,28). The highest BCUT2D eigenvalue weighted by Crippen LogP contribution is 2.23. The predicted octanol–water partition coefficient (Wildman–Crippen LogP) is 4.18. The van der Waals surface area contributed by atoms with Gasteiger partial charge >= 0.3 is 25.0 Å². The highest BCUT2D eigenvalue weighted by molar-refractivity contribution is 7.89. The molecule has 0 radical (unpaired) electrons. The molecule has 184 valence electrons. The monoisotopic (exact) mass is 501 g/mol. The van der Waals surface area contributed by atoms with E-state index in [1.165, 1.54) is 0 Å². The first-order valence-electron chi connectivity index (χ1n) is 8.84. The van der Waals surface area contributed by atoms with Crippen LogP contribution < -0.4 is 15.0 Å². The summed E-state index contributed by atoms with van der Waals surface area (Å²) in [6.45, 7) is -4.30. The number of benzene rings is 1. The molecule has 0 aliphatic rings. The summed E-state index contributed by atoms with van der Waals surface area (Å²) in [4.78, 5) is 13.9. The predicted molar refractivity (Wildman–Crippen MR) is 94.1 cm³/mol. The van der Waals surface area contributed by atoms with Crippen LogP contribution in [0.25, 0.3) is 0 Å². The first-order chi connectivity index (χ1) is 14.6. The lowest BCUT2D eigenvalue weighted by atomic mass is 10.2. The molecule has 1 aromatic carbocycles. The second-order valence-corrected chi connectivity index (χ2v) is 7.99. The fraction of sp³-hybridized carbons (Fsp3) is 0.562. The molecular formula is C16H19F8N3O4S. The van der Waals surface area contributed by atoms with E-state index in [0.717, 1.165) is 24.3 Å². The summed E-state index contributed by atoms with van der Waals surface area (Å²) in [5, 5.41) is 0. The van der Waals surface area contributed by atoms with E-state index >= 15 is 0 Å². The van der Waals surface area contributed by atoms with Crippen LogP contribution in [0, 0.1) is 0 Å². The maximum absolute atomic E-state index is 12.3.